The first kappa shape index (κ1) is 49.3. The summed E-state index contributed by atoms with van der Waals surface area (Å²) in [4.78, 5) is 24.6. The Labute approximate surface area is 360 Å². The molecule has 16 nitrogen and oxygen atoms in total. The van der Waals surface area contributed by atoms with E-state index in [1.807, 2.05) is 81.4 Å². The van der Waals surface area contributed by atoms with Crippen molar-refractivity contribution in [3.63, 3.8) is 0 Å². The zero-order valence-electron chi connectivity index (χ0n) is 31.7. The number of nitrogens with one attached hydrogen (secondary N) is 1. The van der Waals surface area contributed by atoms with Crippen LogP contribution in [-0.2, 0) is 47.5 Å². The predicted molar refractivity (Wildman–Crippen MR) is 182 cm³/mol. The predicted octanol–water partition coefficient (Wildman–Crippen LogP) is -7.60. The van der Waals surface area contributed by atoms with Gasteiger partial charge in [-0.05, 0) is 28.8 Å². The van der Waals surface area contributed by atoms with Crippen molar-refractivity contribution in [2.24, 2.45) is 0 Å². The average molecular weight is 816 g/mol. The maximum atomic E-state index is 12.3. The first-order valence-corrected chi connectivity index (χ1v) is 20.1. The number of hydrogen-bond donors (Lipinski definition) is 4. The molecule has 11 atom stereocenters. The van der Waals surface area contributed by atoms with E-state index >= 15 is 0 Å². The van der Waals surface area contributed by atoms with Crippen molar-refractivity contribution in [2.75, 3.05) is 6.61 Å². The van der Waals surface area contributed by atoms with E-state index in [-0.39, 0.29) is 65.7 Å². The number of carboxylic acid groups (broad SMARTS) is 1. The summed E-state index contributed by atoms with van der Waals surface area (Å²) in [6.07, 6.45) is -17.5. The number of aliphatic hydroxyl groups excluding tert-OH is 3. The van der Waals surface area contributed by atoms with Crippen LogP contribution in [0, 0.1) is 0 Å². The molecular weight excluding hydrogens is 768 g/mol. The Bertz CT molecular complexity index is 1570. The molecule has 1 amide bonds. The molecule has 2 fully saturated rings. The molecule has 0 radical (unpaired) electrons. The molecule has 0 saturated carbocycles. The van der Waals surface area contributed by atoms with E-state index in [4.69, 9.17) is 23.4 Å². The van der Waals surface area contributed by atoms with Crippen LogP contribution in [-0.4, -0.2) is 123 Å². The molecule has 4 rings (SSSR count). The van der Waals surface area contributed by atoms with Gasteiger partial charge in [0.25, 0.3) is 8.32 Å². The van der Waals surface area contributed by atoms with Crippen LogP contribution in [0.1, 0.15) is 48.0 Å². The van der Waals surface area contributed by atoms with Crippen LogP contribution in [0.4, 0.5) is 0 Å². The number of amides is 1. The zero-order chi connectivity index (χ0) is 38.6. The fourth-order valence-corrected chi connectivity index (χ4v) is 11.6. The maximum absolute atomic E-state index is 12.3. The Morgan fingerprint density at radius 1 is 0.907 bits per heavy atom. The smallest absolute Gasteiger partial charge is 0.726 e. The van der Waals surface area contributed by atoms with E-state index in [0.29, 0.717) is 6.42 Å². The standard InChI is InChI=1S/C34H49NO15SSi.2Na/c1-7-19(2)46-33-29(50-51(42,43)44)27(39)28(30(49-33)31(40)41)48-32-24(35-20(3)36)26(38)25(37)23(47-32)18-45-52(34(4,5)6,21-14-10-8-11-15-21)22-16-12-9-13-17-22;;/h8-17,19,23-30,32-33,37-39H,7,18H2,1-6H3,(H,35,36)(H,40,41)(H,42,43,44);;/q;2*+1/p-2/t19?,23-,24-,25-,26-,27+,28+,29-,30+,32-,33-;;/m1../s1. The SMILES string of the molecule is CCC(C)O[C@@H]1O[C@H](C(=O)[O-])[C@@H](O[C@H]2O[C@H](CO[Si](c3ccccc3)(c3ccccc3)C(C)(C)C)[C@@H](O)[C@H](O)[C@H]2NC(C)=O)[C@H](O)[C@H]1OS(=O)(=O)[O-].[Na+].[Na+]. The molecule has 4 N–H and O–H groups in total. The maximum Gasteiger partial charge on any atom is 1.00 e. The Balaban J connectivity index is 0.00000504. The summed E-state index contributed by atoms with van der Waals surface area (Å²) in [5.41, 5.74) is 0. The molecule has 290 valence electrons. The topological polar surface area (TPSA) is 242 Å². The number of aliphatic carboxylic acids is 1. The van der Waals surface area contributed by atoms with Gasteiger partial charge in [-0.15, -0.1) is 0 Å². The molecule has 2 aromatic carbocycles. The van der Waals surface area contributed by atoms with Gasteiger partial charge in [0.1, 0.15) is 42.7 Å². The number of aliphatic hydroxyl groups is 3. The van der Waals surface area contributed by atoms with Gasteiger partial charge in [0, 0.05) is 6.92 Å². The second kappa shape index (κ2) is 20.7. The molecule has 2 aromatic rings. The van der Waals surface area contributed by atoms with Crippen molar-refractivity contribution in [3.05, 3.63) is 60.7 Å². The van der Waals surface area contributed by atoms with Gasteiger partial charge in [-0.2, -0.15) is 0 Å². The van der Waals surface area contributed by atoms with Crippen LogP contribution in [0.2, 0.25) is 5.04 Å². The molecule has 0 spiro atoms. The van der Waals surface area contributed by atoms with Gasteiger partial charge in [-0.25, -0.2) is 8.42 Å². The van der Waals surface area contributed by atoms with Crippen LogP contribution in [0.25, 0.3) is 0 Å². The van der Waals surface area contributed by atoms with Gasteiger partial charge in [-0.3, -0.25) is 8.98 Å². The number of benzene rings is 2. The molecule has 1 unspecified atom stereocenters. The first-order chi connectivity index (χ1) is 24.3. The summed E-state index contributed by atoms with van der Waals surface area (Å²) in [7, 11) is -8.75. The summed E-state index contributed by atoms with van der Waals surface area (Å²) in [5, 5.41) is 50.0. The number of hydrogen-bond acceptors (Lipinski definition) is 15. The molecule has 0 aromatic heterocycles. The average Bonchev–Trinajstić information content (AvgIpc) is 3.07. The minimum atomic E-state index is -5.52. The third-order valence-corrected chi connectivity index (χ3v) is 14.6. The summed E-state index contributed by atoms with van der Waals surface area (Å²) >= 11 is 0. The van der Waals surface area contributed by atoms with Crippen LogP contribution in [0.5, 0.6) is 0 Å². The largest absolute Gasteiger partial charge is 1.00 e. The van der Waals surface area contributed by atoms with E-state index in [1.54, 1.807) is 13.8 Å². The third kappa shape index (κ3) is 11.6. The summed E-state index contributed by atoms with van der Waals surface area (Å²) in [6, 6.07) is 17.5. The van der Waals surface area contributed by atoms with Gasteiger partial charge in [0.05, 0.1) is 18.7 Å². The van der Waals surface area contributed by atoms with Crippen molar-refractivity contribution in [2.45, 2.75) is 120 Å². The first-order valence-electron chi connectivity index (χ1n) is 16.8. The second-order valence-corrected chi connectivity index (χ2v) is 19.2. The monoisotopic (exact) mass is 815 g/mol. The number of carboxylic acids is 1. The third-order valence-electron chi connectivity index (χ3n) is 9.17. The molecule has 0 bridgehead atoms. The molecule has 2 saturated heterocycles. The minimum Gasteiger partial charge on any atom is -0.726 e. The molecule has 2 heterocycles. The van der Waals surface area contributed by atoms with E-state index in [0.717, 1.165) is 17.3 Å². The fourth-order valence-electron chi connectivity index (χ4n) is 6.54. The minimum absolute atomic E-state index is 0. The van der Waals surface area contributed by atoms with Crippen LogP contribution in [0.15, 0.2) is 60.7 Å². The van der Waals surface area contributed by atoms with Gasteiger partial charge in [0.15, 0.2) is 18.7 Å². The van der Waals surface area contributed by atoms with Crippen molar-refractivity contribution in [1.29, 1.82) is 0 Å². The van der Waals surface area contributed by atoms with Crippen molar-refractivity contribution in [3.8, 4) is 0 Å². The molecule has 2 aliphatic heterocycles. The fraction of sp³-hybridized carbons (Fsp3) is 0.588. The van der Waals surface area contributed by atoms with Gasteiger partial charge >= 0.3 is 59.1 Å². The van der Waals surface area contributed by atoms with Crippen molar-refractivity contribution in [1.82, 2.24) is 5.32 Å². The van der Waals surface area contributed by atoms with Gasteiger partial charge in [-0.1, -0.05) is 88.4 Å². The van der Waals surface area contributed by atoms with Gasteiger partial charge in [0.2, 0.25) is 16.3 Å². The molecule has 54 heavy (non-hydrogen) atoms. The summed E-state index contributed by atoms with van der Waals surface area (Å²) < 4.78 is 69.4. The van der Waals surface area contributed by atoms with Crippen molar-refractivity contribution < 1.29 is 130 Å². The Kier molecular flexibility index (Phi) is 18.9. The van der Waals surface area contributed by atoms with Crippen LogP contribution < -0.4 is 79.9 Å². The molecule has 0 aliphatic carbocycles. The number of carbonyl (C=O) groups is 2. The second-order valence-electron chi connectivity index (χ2n) is 13.9. The van der Waals surface area contributed by atoms with Gasteiger partial charge < -0.3 is 58.5 Å². The Hall–Kier alpha value is -0.853. The number of rotatable bonds is 14. The van der Waals surface area contributed by atoms with Crippen molar-refractivity contribution >= 4 is 41.0 Å². The molecular formula is C34H47NNa2O15SSi. The van der Waals surface area contributed by atoms with E-state index in [2.05, 4.69) is 9.50 Å². The summed E-state index contributed by atoms with van der Waals surface area (Å²) in [5.74, 6) is -2.63. The Morgan fingerprint density at radius 2 is 1.44 bits per heavy atom. The van der Waals surface area contributed by atoms with E-state index in [9.17, 15) is 43.0 Å². The van der Waals surface area contributed by atoms with E-state index < -0.39 is 103 Å². The van der Waals surface area contributed by atoms with E-state index in [1.165, 1.54) is 0 Å². The van der Waals surface area contributed by atoms with Crippen LogP contribution >= 0.6 is 0 Å². The Morgan fingerprint density at radius 3 is 1.89 bits per heavy atom. The number of ether oxygens (including phenoxy) is 4. The zero-order valence-corrected chi connectivity index (χ0v) is 37.5. The normalized spacial score (nSPS) is 29.6. The molecule has 2 aliphatic rings. The van der Waals surface area contributed by atoms with Crippen LogP contribution in [0.3, 0.4) is 0 Å². The molecule has 20 heteroatoms. The summed E-state index contributed by atoms with van der Waals surface area (Å²) in [6.45, 7) is 10.1. The quantitative estimate of drug-likeness (QED) is 0.0787. The number of carbonyl (C=O) groups excluding carboxylic acids is 2.